The van der Waals surface area contributed by atoms with Gasteiger partial charge < -0.3 is 16.2 Å². The molecular weight excluding hydrogens is 350 g/mol. The van der Waals surface area contributed by atoms with Gasteiger partial charge in [-0.1, -0.05) is 42.5 Å². The van der Waals surface area contributed by atoms with Crippen LogP contribution in [0.25, 0.3) is 0 Å². The van der Waals surface area contributed by atoms with Gasteiger partial charge in [0.25, 0.3) is 5.91 Å². The standard InChI is InChI=1S/C23H21N3O2/c24-19-10-8-15(9-11-19)14-25-23(28)22-17-5-2-1-4-16(12-17)21(26-22)18-6-3-7-20(27)13-18/h1-13,17,22,27H,14,24H2,(H,25,28)/p+1. The monoisotopic (exact) mass is 372 g/mol. The maximum atomic E-state index is 12.9. The highest BCUT2D eigenvalue weighted by molar-refractivity contribution is 6.11. The summed E-state index contributed by atoms with van der Waals surface area (Å²) in [6.07, 6.45) is 10.0. The number of rotatable bonds is 4. The van der Waals surface area contributed by atoms with E-state index in [1.165, 1.54) is 0 Å². The van der Waals surface area contributed by atoms with Crippen LogP contribution in [0, 0.1) is 5.92 Å². The van der Waals surface area contributed by atoms with E-state index in [1.54, 1.807) is 18.2 Å². The molecule has 0 saturated carbocycles. The number of hydrogen-bond acceptors (Lipinski definition) is 3. The molecule has 2 unspecified atom stereocenters. The molecule has 140 valence electrons. The van der Waals surface area contributed by atoms with Gasteiger partial charge in [-0.15, -0.1) is 0 Å². The highest BCUT2D eigenvalue weighted by atomic mass is 16.3. The van der Waals surface area contributed by atoms with Crippen molar-refractivity contribution in [1.29, 1.82) is 0 Å². The number of phenolic OH excluding ortho intramolecular Hbond substituents is 1. The Balaban J connectivity index is 1.59. The van der Waals surface area contributed by atoms with Gasteiger partial charge in [-0.3, -0.25) is 4.79 Å². The van der Waals surface area contributed by atoms with Gasteiger partial charge in [0.2, 0.25) is 11.8 Å². The Morgan fingerprint density at radius 3 is 2.75 bits per heavy atom. The van der Waals surface area contributed by atoms with Crippen molar-refractivity contribution in [2.45, 2.75) is 12.6 Å². The number of carbonyl (C=O) groups excluding carboxylic acids is 1. The van der Waals surface area contributed by atoms with Gasteiger partial charge in [0.1, 0.15) is 5.75 Å². The molecule has 2 bridgehead atoms. The molecule has 2 aliphatic rings. The lowest BCUT2D eigenvalue weighted by Gasteiger charge is -2.20. The van der Waals surface area contributed by atoms with Crippen LogP contribution in [0.4, 0.5) is 5.69 Å². The molecule has 0 aromatic heterocycles. The normalized spacial score (nSPS) is 20.1. The summed E-state index contributed by atoms with van der Waals surface area (Å²) in [5.74, 6) is 0.0495. The van der Waals surface area contributed by atoms with Crippen LogP contribution in [-0.4, -0.2) is 22.8 Å². The highest BCUT2D eigenvalue weighted by Gasteiger charge is 2.36. The first kappa shape index (κ1) is 17.8. The van der Waals surface area contributed by atoms with Crippen molar-refractivity contribution < 1.29 is 14.9 Å². The van der Waals surface area contributed by atoms with Crippen molar-refractivity contribution >= 4 is 17.3 Å². The van der Waals surface area contributed by atoms with Gasteiger partial charge in [-0.25, -0.2) is 4.99 Å². The lowest BCUT2D eigenvalue weighted by atomic mass is 9.89. The fourth-order valence-corrected chi connectivity index (χ4v) is 3.47. The van der Waals surface area contributed by atoms with Crippen LogP contribution in [0.2, 0.25) is 0 Å². The maximum Gasteiger partial charge on any atom is 0.289 e. The summed E-state index contributed by atoms with van der Waals surface area (Å²) < 4.78 is 0. The number of hydrogen-bond donors (Lipinski definition) is 4. The molecule has 28 heavy (non-hydrogen) atoms. The third-order valence-corrected chi connectivity index (χ3v) is 4.93. The van der Waals surface area contributed by atoms with Crippen LogP contribution in [0.5, 0.6) is 5.75 Å². The molecule has 2 atom stereocenters. The largest absolute Gasteiger partial charge is 0.508 e. The molecule has 1 aliphatic carbocycles. The number of aromatic hydroxyl groups is 1. The molecule has 2 aromatic rings. The Morgan fingerprint density at radius 1 is 1.14 bits per heavy atom. The predicted molar refractivity (Wildman–Crippen MR) is 110 cm³/mol. The summed E-state index contributed by atoms with van der Waals surface area (Å²) in [5.41, 5.74) is 10.1. The first-order chi connectivity index (χ1) is 13.6. The first-order valence-corrected chi connectivity index (χ1v) is 9.22. The second kappa shape index (κ2) is 7.56. The summed E-state index contributed by atoms with van der Waals surface area (Å²) in [7, 11) is 0. The zero-order valence-corrected chi connectivity index (χ0v) is 15.3. The Kier molecular flexibility index (Phi) is 4.81. The fraction of sp³-hybridized carbons (Fsp3) is 0.130. The average molecular weight is 372 g/mol. The van der Waals surface area contributed by atoms with Gasteiger partial charge in [0.05, 0.1) is 5.92 Å². The van der Waals surface area contributed by atoms with Crippen molar-refractivity contribution in [1.82, 2.24) is 5.32 Å². The van der Waals surface area contributed by atoms with Crippen LogP contribution in [-0.2, 0) is 11.3 Å². The van der Waals surface area contributed by atoms with Crippen molar-refractivity contribution in [2.24, 2.45) is 5.92 Å². The van der Waals surface area contributed by atoms with E-state index in [-0.39, 0.29) is 17.6 Å². The molecule has 0 saturated heterocycles. The summed E-state index contributed by atoms with van der Waals surface area (Å²) in [6.45, 7) is 0.435. The molecule has 4 rings (SSSR count). The van der Waals surface area contributed by atoms with Gasteiger partial charge in [-0.05, 0) is 42.0 Å². The van der Waals surface area contributed by atoms with E-state index >= 15 is 0 Å². The lowest BCUT2D eigenvalue weighted by molar-refractivity contribution is -0.493. The van der Waals surface area contributed by atoms with E-state index in [0.717, 1.165) is 22.4 Å². The van der Waals surface area contributed by atoms with Crippen molar-refractivity contribution in [3.63, 3.8) is 0 Å². The Bertz CT molecular complexity index is 1020. The van der Waals surface area contributed by atoms with Crippen LogP contribution in [0.15, 0.2) is 84.5 Å². The zero-order chi connectivity index (χ0) is 19.5. The molecular formula is C23H22N3O2+. The second-order valence-corrected chi connectivity index (χ2v) is 6.95. The summed E-state index contributed by atoms with van der Waals surface area (Å²) >= 11 is 0. The number of nitrogens with two attached hydrogens (primary N) is 1. The van der Waals surface area contributed by atoms with Crippen molar-refractivity contribution in [3.8, 4) is 5.75 Å². The lowest BCUT2D eigenvalue weighted by Crippen LogP contribution is -2.86. The minimum atomic E-state index is -0.439. The van der Waals surface area contributed by atoms with Crippen molar-refractivity contribution in [3.05, 3.63) is 95.6 Å². The van der Waals surface area contributed by atoms with Crippen LogP contribution in [0.1, 0.15) is 11.1 Å². The summed E-state index contributed by atoms with van der Waals surface area (Å²) in [6, 6.07) is 14.0. The molecule has 1 amide bonds. The van der Waals surface area contributed by atoms with Gasteiger partial charge in [-0.2, -0.15) is 0 Å². The summed E-state index contributed by atoms with van der Waals surface area (Å²) in [5, 5.41) is 12.9. The highest BCUT2D eigenvalue weighted by Crippen LogP contribution is 2.21. The van der Waals surface area contributed by atoms with Crippen molar-refractivity contribution in [2.75, 3.05) is 5.73 Å². The molecule has 0 fully saturated rings. The van der Waals surface area contributed by atoms with E-state index in [9.17, 15) is 9.90 Å². The Labute approximate surface area is 163 Å². The Hall–Kier alpha value is -3.60. The van der Waals surface area contributed by atoms with E-state index < -0.39 is 6.04 Å². The second-order valence-electron chi connectivity index (χ2n) is 6.95. The number of benzene rings is 2. The first-order valence-electron chi connectivity index (χ1n) is 9.22. The topological polar surface area (TPSA) is 89.3 Å². The number of carbonyl (C=O) groups is 1. The number of amides is 1. The number of allylic oxidation sites excluding steroid dienone is 4. The molecule has 0 radical (unpaired) electrons. The number of nitrogen functional groups attached to an aromatic ring is 1. The minimum Gasteiger partial charge on any atom is -0.508 e. The van der Waals surface area contributed by atoms with E-state index in [2.05, 4.69) is 16.4 Å². The Morgan fingerprint density at radius 2 is 1.96 bits per heavy atom. The SMILES string of the molecule is Nc1ccc(CNC(=O)C2[NH+]=C(c3cccc(O)c3)C3=CC2C=CC=C3)cc1. The van der Waals surface area contributed by atoms with Crippen LogP contribution in [0.3, 0.4) is 0 Å². The molecule has 5 nitrogen and oxygen atoms in total. The van der Waals surface area contributed by atoms with Crippen LogP contribution < -0.4 is 16.0 Å². The maximum absolute atomic E-state index is 12.9. The molecule has 1 aliphatic heterocycles. The van der Waals surface area contributed by atoms with Gasteiger partial charge >= 0.3 is 0 Å². The third kappa shape index (κ3) is 3.74. The molecule has 0 spiro atoms. The van der Waals surface area contributed by atoms with Crippen LogP contribution >= 0.6 is 0 Å². The molecule has 1 heterocycles. The number of nitrogens with one attached hydrogen (secondary N) is 2. The zero-order valence-electron chi connectivity index (χ0n) is 15.3. The third-order valence-electron chi connectivity index (χ3n) is 4.93. The minimum absolute atomic E-state index is 0.0579. The van der Waals surface area contributed by atoms with E-state index in [4.69, 9.17) is 5.73 Å². The number of anilines is 1. The number of phenols is 1. The predicted octanol–water partition coefficient (Wildman–Crippen LogP) is 1.21. The smallest absolute Gasteiger partial charge is 0.289 e. The molecule has 5 N–H and O–H groups in total. The van der Waals surface area contributed by atoms with Gasteiger partial charge in [0.15, 0.2) is 0 Å². The number of fused-ring (bicyclic) bond motifs is 1. The molecule has 5 heteroatoms. The van der Waals surface area contributed by atoms with Gasteiger partial charge in [0, 0.05) is 23.4 Å². The van der Waals surface area contributed by atoms with E-state index in [1.807, 2.05) is 54.6 Å². The van der Waals surface area contributed by atoms with E-state index in [0.29, 0.717) is 12.2 Å². The quantitative estimate of drug-likeness (QED) is 0.608. The fourth-order valence-electron chi connectivity index (χ4n) is 3.47. The molecule has 2 aromatic carbocycles. The average Bonchev–Trinajstić information content (AvgIpc) is 2.90. The summed E-state index contributed by atoms with van der Waals surface area (Å²) in [4.78, 5) is 16.3.